The van der Waals surface area contributed by atoms with Gasteiger partial charge < -0.3 is 4.90 Å². The van der Waals surface area contributed by atoms with Gasteiger partial charge in [0.2, 0.25) is 0 Å². The summed E-state index contributed by atoms with van der Waals surface area (Å²) in [7, 11) is 1.60. The van der Waals surface area contributed by atoms with Gasteiger partial charge in [0.1, 0.15) is 5.52 Å². The van der Waals surface area contributed by atoms with Gasteiger partial charge in [-0.3, -0.25) is 9.88 Å². The molecule has 1 aliphatic rings. The zero-order valence-corrected chi connectivity index (χ0v) is 17.0. The van der Waals surface area contributed by atoms with Crippen LogP contribution in [0.1, 0.15) is 11.1 Å². The summed E-state index contributed by atoms with van der Waals surface area (Å²) in [5, 5.41) is 3.90. The highest BCUT2D eigenvalue weighted by Gasteiger charge is 2.35. The number of thiophene rings is 1. The summed E-state index contributed by atoms with van der Waals surface area (Å²) in [5.41, 5.74) is 3.15. The average Bonchev–Trinajstić information content (AvgIpc) is 3.29. The lowest BCUT2D eigenvalue weighted by molar-refractivity contribution is -0.137. The minimum atomic E-state index is -4.52. The van der Waals surface area contributed by atoms with Gasteiger partial charge >= 0.3 is 12.2 Å². The maximum atomic E-state index is 13.3. The number of amides is 2. The number of halogens is 3. The van der Waals surface area contributed by atoms with Crippen molar-refractivity contribution >= 4 is 39.8 Å². The highest BCUT2D eigenvalue weighted by atomic mass is 32.1. The summed E-state index contributed by atoms with van der Waals surface area (Å²) in [4.78, 5) is 25.1. The third kappa shape index (κ3) is 3.31. The Bertz CT molecular complexity index is 1300. The molecule has 1 aromatic carbocycles. The van der Waals surface area contributed by atoms with Crippen molar-refractivity contribution in [2.45, 2.75) is 12.7 Å². The lowest BCUT2D eigenvalue weighted by Crippen LogP contribution is -2.42. The van der Waals surface area contributed by atoms with Crippen molar-refractivity contribution in [1.29, 1.82) is 0 Å². The Balaban J connectivity index is 1.76. The molecule has 0 aliphatic carbocycles. The van der Waals surface area contributed by atoms with Gasteiger partial charge in [-0.25, -0.2) is 9.78 Å². The van der Waals surface area contributed by atoms with E-state index in [-0.39, 0.29) is 12.2 Å². The number of anilines is 2. The normalized spacial score (nSPS) is 14.3. The topological polar surface area (TPSA) is 49.3 Å². The van der Waals surface area contributed by atoms with Crippen LogP contribution in [0.3, 0.4) is 0 Å². The highest BCUT2D eigenvalue weighted by Crippen LogP contribution is 2.41. The van der Waals surface area contributed by atoms with Crippen molar-refractivity contribution in [1.82, 2.24) is 14.9 Å². The number of hydrogen-bond donors (Lipinski definition) is 0. The van der Waals surface area contributed by atoms with E-state index < -0.39 is 17.8 Å². The van der Waals surface area contributed by atoms with E-state index in [9.17, 15) is 18.0 Å². The molecule has 0 spiro atoms. The molecule has 1 aliphatic heterocycles. The Kier molecular flexibility index (Phi) is 4.44. The Morgan fingerprint density at radius 2 is 1.97 bits per heavy atom. The van der Waals surface area contributed by atoms with Crippen LogP contribution < -0.4 is 4.90 Å². The van der Waals surface area contributed by atoms with Gasteiger partial charge in [0.15, 0.2) is 0 Å². The van der Waals surface area contributed by atoms with Gasteiger partial charge in [-0.1, -0.05) is 6.07 Å². The molecular weight excluding hydrogens is 425 g/mol. The van der Waals surface area contributed by atoms with E-state index >= 15 is 0 Å². The number of aromatic nitrogens is 2. The molecule has 5 nitrogen and oxygen atoms in total. The zero-order chi connectivity index (χ0) is 21.8. The summed E-state index contributed by atoms with van der Waals surface area (Å²) in [6, 6.07) is 9.92. The maximum absolute atomic E-state index is 13.3. The minimum absolute atomic E-state index is 0.128. The van der Waals surface area contributed by atoms with Crippen LogP contribution in [0.25, 0.3) is 22.3 Å². The van der Waals surface area contributed by atoms with Crippen LogP contribution in [0.15, 0.2) is 59.4 Å². The molecule has 0 unspecified atom stereocenters. The number of carbonyl (C=O) groups is 1. The van der Waals surface area contributed by atoms with E-state index in [0.717, 1.165) is 17.7 Å². The molecule has 156 valence electrons. The van der Waals surface area contributed by atoms with E-state index in [4.69, 9.17) is 4.98 Å². The van der Waals surface area contributed by atoms with Crippen molar-refractivity contribution in [3.8, 4) is 11.3 Å². The molecule has 3 aromatic heterocycles. The second-order valence-electron chi connectivity index (χ2n) is 7.23. The van der Waals surface area contributed by atoms with Crippen molar-refractivity contribution in [2.75, 3.05) is 11.9 Å². The van der Waals surface area contributed by atoms with Gasteiger partial charge in [0, 0.05) is 29.8 Å². The molecule has 31 heavy (non-hydrogen) atoms. The molecule has 4 aromatic rings. The van der Waals surface area contributed by atoms with E-state index in [1.54, 1.807) is 13.2 Å². The molecule has 4 heterocycles. The number of alkyl halides is 3. The number of hydrogen-bond acceptors (Lipinski definition) is 4. The molecule has 9 heteroatoms. The highest BCUT2D eigenvalue weighted by molar-refractivity contribution is 7.08. The quantitative estimate of drug-likeness (QED) is 0.380. The first-order valence-corrected chi connectivity index (χ1v) is 10.3. The molecule has 0 saturated carbocycles. The predicted octanol–water partition coefficient (Wildman–Crippen LogP) is 6.08. The third-order valence-corrected chi connectivity index (χ3v) is 5.84. The first-order chi connectivity index (χ1) is 14.8. The average molecular weight is 440 g/mol. The summed E-state index contributed by atoms with van der Waals surface area (Å²) >= 11 is 1.54. The van der Waals surface area contributed by atoms with Crippen LogP contribution >= 0.6 is 11.3 Å². The van der Waals surface area contributed by atoms with E-state index in [0.29, 0.717) is 28.0 Å². The van der Waals surface area contributed by atoms with Crippen LogP contribution in [0.5, 0.6) is 0 Å². The van der Waals surface area contributed by atoms with Crippen molar-refractivity contribution in [3.63, 3.8) is 0 Å². The van der Waals surface area contributed by atoms with Crippen LogP contribution in [0.2, 0.25) is 0 Å². The van der Waals surface area contributed by atoms with Gasteiger partial charge in [0.25, 0.3) is 0 Å². The minimum Gasteiger partial charge on any atom is -0.323 e. The molecule has 0 N–H and O–H groups in total. The summed E-state index contributed by atoms with van der Waals surface area (Å²) in [5.74, 6) is 0. The van der Waals surface area contributed by atoms with E-state index in [1.165, 1.54) is 33.3 Å². The first-order valence-electron chi connectivity index (χ1n) is 9.36. The largest absolute Gasteiger partial charge is 0.416 e. The fraction of sp³-hybridized carbons (Fsp3) is 0.136. The Hall–Kier alpha value is -3.46. The first kappa shape index (κ1) is 19.5. The Morgan fingerprint density at radius 3 is 2.71 bits per heavy atom. The van der Waals surface area contributed by atoms with Crippen molar-refractivity contribution < 1.29 is 18.0 Å². The number of rotatable bonds is 2. The second-order valence-corrected chi connectivity index (χ2v) is 8.01. The van der Waals surface area contributed by atoms with Gasteiger partial charge in [0.05, 0.1) is 34.7 Å². The van der Waals surface area contributed by atoms with E-state index in [1.807, 2.05) is 29.0 Å². The van der Waals surface area contributed by atoms with Crippen LogP contribution in [0, 0.1) is 0 Å². The molecular formula is C22H15F3N4OS. The summed E-state index contributed by atoms with van der Waals surface area (Å²) < 4.78 is 40.0. The molecule has 0 bridgehead atoms. The third-order valence-electron chi connectivity index (χ3n) is 5.16. The number of carbonyl (C=O) groups excluding carboxylic acids is 1. The van der Waals surface area contributed by atoms with Crippen LogP contribution in [0.4, 0.5) is 29.3 Å². The summed E-state index contributed by atoms with van der Waals surface area (Å²) in [6.45, 7) is 0.289. The SMILES string of the molecule is CN1Cc2cnc3ccc(-c4ccsc4)nc3c2N(c2cccc(C(F)(F)F)c2)C1=O. The monoisotopic (exact) mass is 440 g/mol. The Morgan fingerprint density at radius 1 is 1.13 bits per heavy atom. The smallest absolute Gasteiger partial charge is 0.323 e. The molecule has 5 rings (SSSR count). The fourth-order valence-electron chi connectivity index (χ4n) is 3.68. The number of urea groups is 1. The lowest BCUT2D eigenvalue weighted by atomic mass is 10.1. The standard InChI is InChI=1S/C22H15F3N4OS/c1-28-11-14-10-26-18-6-5-17(13-7-8-31-12-13)27-19(18)20(14)29(21(28)30)16-4-2-3-15(9-16)22(23,24)25/h2-10,12H,11H2,1H3. The van der Waals surface area contributed by atoms with E-state index in [2.05, 4.69) is 4.98 Å². The van der Waals surface area contributed by atoms with Crippen LogP contribution in [-0.2, 0) is 12.7 Å². The van der Waals surface area contributed by atoms with Crippen molar-refractivity contribution in [2.24, 2.45) is 0 Å². The predicted molar refractivity (Wildman–Crippen MR) is 113 cm³/mol. The van der Waals surface area contributed by atoms with Gasteiger partial charge in [-0.2, -0.15) is 24.5 Å². The molecule has 0 radical (unpaired) electrons. The molecule has 0 saturated heterocycles. The number of nitrogens with zero attached hydrogens (tertiary/aromatic N) is 4. The fourth-order valence-corrected chi connectivity index (χ4v) is 4.33. The zero-order valence-electron chi connectivity index (χ0n) is 16.2. The van der Waals surface area contributed by atoms with Gasteiger partial charge in [-0.05, 0) is 41.8 Å². The maximum Gasteiger partial charge on any atom is 0.416 e. The van der Waals surface area contributed by atoms with Gasteiger partial charge in [-0.15, -0.1) is 0 Å². The number of pyridine rings is 2. The number of fused-ring (bicyclic) bond motifs is 3. The number of benzene rings is 1. The van der Waals surface area contributed by atoms with Crippen LogP contribution in [-0.4, -0.2) is 27.9 Å². The Labute approximate surface area is 179 Å². The second kappa shape index (κ2) is 7.05. The van der Waals surface area contributed by atoms with Crippen molar-refractivity contribution in [3.05, 3.63) is 70.5 Å². The lowest BCUT2D eigenvalue weighted by Gasteiger charge is -2.35. The molecule has 2 amide bonds. The molecule has 0 atom stereocenters. The molecule has 0 fully saturated rings. The summed E-state index contributed by atoms with van der Waals surface area (Å²) in [6.07, 6.45) is -2.87.